The Labute approximate surface area is 72.7 Å². The van der Waals surface area contributed by atoms with Crippen molar-refractivity contribution in [3.8, 4) is 0 Å². The van der Waals surface area contributed by atoms with Crippen molar-refractivity contribution in [3.05, 3.63) is 0 Å². The molecule has 2 aliphatic rings. The molecule has 0 bridgehead atoms. The second kappa shape index (κ2) is 3.73. The number of aliphatic hydroxyl groups is 1. The zero-order valence-corrected chi connectivity index (χ0v) is 7.24. The van der Waals surface area contributed by atoms with E-state index in [1.807, 2.05) is 0 Å². The second-order valence-corrected chi connectivity index (χ2v) is 3.74. The third-order valence-electron chi connectivity index (χ3n) is 2.59. The minimum atomic E-state index is -0.134. The first kappa shape index (κ1) is 8.48. The monoisotopic (exact) mass is 172 g/mol. The van der Waals surface area contributed by atoms with Crippen molar-refractivity contribution in [2.45, 2.75) is 44.0 Å². The Bertz CT molecular complexity index is 145. The topological polar surface area (TPSA) is 38.7 Å². The zero-order chi connectivity index (χ0) is 8.39. The van der Waals surface area contributed by atoms with Crippen LogP contribution < -0.4 is 0 Å². The van der Waals surface area contributed by atoms with Gasteiger partial charge in [0.25, 0.3) is 0 Å². The van der Waals surface area contributed by atoms with Gasteiger partial charge in [0.15, 0.2) is 0 Å². The Morgan fingerprint density at radius 3 is 2.58 bits per heavy atom. The van der Waals surface area contributed by atoms with E-state index in [4.69, 9.17) is 9.47 Å². The van der Waals surface area contributed by atoms with Gasteiger partial charge in [-0.3, -0.25) is 0 Å². The Morgan fingerprint density at radius 1 is 1.17 bits per heavy atom. The molecule has 12 heavy (non-hydrogen) atoms. The van der Waals surface area contributed by atoms with Gasteiger partial charge in [-0.2, -0.15) is 0 Å². The molecule has 1 saturated carbocycles. The minimum absolute atomic E-state index is 0.134. The van der Waals surface area contributed by atoms with Crippen LogP contribution in [0.4, 0.5) is 0 Å². The predicted molar refractivity (Wildman–Crippen MR) is 44.0 cm³/mol. The predicted octanol–water partition coefficient (Wildman–Crippen LogP) is 0.705. The molecule has 2 rings (SSSR count). The SMILES string of the molecule is OC1CCCC(OC2COC2)C1. The quantitative estimate of drug-likeness (QED) is 0.666. The van der Waals surface area contributed by atoms with E-state index in [1.165, 1.54) is 0 Å². The standard InChI is InChI=1S/C9H16O3/c10-7-2-1-3-8(4-7)12-9-5-11-6-9/h7-10H,1-6H2. The summed E-state index contributed by atoms with van der Waals surface area (Å²) in [6.07, 6.45) is 4.41. The van der Waals surface area contributed by atoms with Crippen molar-refractivity contribution in [3.63, 3.8) is 0 Å². The van der Waals surface area contributed by atoms with E-state index in [1.54, 1.807) is 0 Å². The van der Waals surface area contributed by atoms with Crippen molar-refractivity contribution in [1.82, 2.24) is 0 Å². The van der Waals surface area contributed by atoms with Gasteiger partial charge in [0.05, 0.1) is 25.4 Å². The molecule has 1 saturated heterocycles. The molecule has 2 fully saturated rings. The maximum Gasteiger partial charge on any atom is 0.104 e. The van der Waals surface area contributed by atoms with E-state index in [9.17, 15) is 5.11 Å². The second-order valence-electron chi connectivity index (χ2n) is 3.74. The summed E-state index contributed by atoms with van der Waals surface area (Å²) < 4.78 is 10.7. The van der Waals surface area contributed by atoms with Crippen LogP contribution in [0.15, 0.2) is 0 Å². The summed E-state index contributed by atoms with van der Waals surface area (Å²) in [6, 6.07) is 0. The summed E-state index contributed by atoms with van der Waals surface area (Å²) >= 11 is 0. The van der Waals surface area contributed by atoms with Gasteiger partial charge in [-0.15, -0.1) is 0 Å². The van der Waals surface area contributed by atoms with Crippen molar-refractivity contribution < 1.29 is 14.6 Å². The highest BCUT2D eigenvalue weighted by molar-refractivity contribution is 4.75. The average Bonchev–Trinajstić information content (AvgIpc) is 1.97. The fraction of sp³-hybridized carbons (Fsp3) is 1.00. The van der Waals surface area contributed by atoms with E-state index in [-0.39, 0.29) is 12.2 Å². The van der Waals surface area contributed by atoms with Gasteiger partial charge in [0.1, 0.15) is 6.10 Å². The van der Waals surface area contributed by atoms with Gasteiger partial charge in [0, 0.05) is 0 Å². The maximum absolute atomic E-state index is 9.37. The van der Waals surface area contributed by atoms with Gasteiger partial charge in [-0.25, -0.2) is 0 Å². The van der Waals surface area contributed by atoms with E-state index in [2.05, 4.69) is 0 Å². The maximum atomic E-state index is 9.37. The van der Waals surface area contributed by atoms with Crippen LogP contribution in [-0.4, -0.2) is 36.6 Å². The Balaban J connectivity index is 1.71. The molecular formula is C9H16O3. The van der Waals surface area contributed by atoms with Gasteiger partial charge < -0.3 is 14.6 Å². The Kier molecular flexibility index (Phi) is 2.63. The molecule has 70 valence electrons. The lowest BCUT2D eigenvalue weighted by molar-refractivity contribution is -0.166. The van der Waals surface area contributed by atoms with Gasteiger partial charge in [-0.1, -0.05) is 0 Å². The smallest absolute Gasteiger partial charge is 0.104 e. The summed E-state index contributed by atoms with van der Waals surface area (Å²) in [5, 5.41) is 9.37. The van der Waals surface area contributed by atoms with Crippen LogP contribution >= 0.6 is 0 Å². The van der Waals surface area contributed by atoms with Gasteiger partial charge in [0.2, 0.25) is 0 Å². The highest BCUT2D eigenvalue weighted by Crippen LogP contribution is 2.23. The molecule has 3 heteroatoms. The largest absolute Gasteiger partial charge is 0.393 e. The third kappa shape index (κ3) is 1.97. The molecule has 0 aromatic rings. The number of rotatable bonds is 2. The molecule has 1 aliphatic heterocycles. The first-order chi connectivity index (χ1) is 5.84. The fourth-order valence-electron chi connectivity index (χ4n) is 1.81. The third-order valence-corrected chi connectivity index (χ3v) is 2.59. The molecule has 0 aromatic heterocycles. The van der Waals surface area contributed by atoms with Crippen molar-refractivity contribution in [2.75, 3.05) is 13.2 Å². The van der Waals surface area contributed by atoms with Crippen molar-refractivity contribution in [1.29, 1.82) is 0 Å². The van der Waals surface area contributed by atoms with E-state index < -0.39 is 0 Å². The number of aliphatic hydroxyl groups excluding tert-OH is 1. The van der Waals surface area contributed by atoms with Crippen LogP contribution in [0.2, 0.25) is 0 Å². The Morgan fingerprint density at radius 2 is 2.00 bits per heavy atom. The molecule has 1 heterocycles. The molecule has 1 aliphatic carbocycles. The minimum Gasteiger partial charge on any atom is -0.393 e. The molecule has 0 spiro atoms. The van der Waals surface area contributed by atoms with Crippen molar-refractivity contribution >= 4 is 0 Å². The molecule has 0 amide bonds. The van der Waals surface area contributed by atoms with Crippen LogP contribution in [0, 0.1) is 0 Å². The average molecular weight is 172 g/mol. The van der Waals surface area contributed by atoms with Gasteiger partial charge in [-0.05, 0) is 25.7 Å². The fourth-order valence-corrected chi connectivity index (χ4v) is 1.81. The van der Waals surface area contributed by atoms with Crippen LogP contribution in [-0.2, 0) is 9.47 Å². The summed E-state index contributed by atoms with van der Waals surface area (Å²) in [4.78, 5) is 0. The lowest BCUT2D eigenvalue weighted by atomic mass is 9.95. The van der Waals surface area contributed by atoms with Gasteiger partial charge >= 0.3 is 0 Å². The summed E-state index contributed by atoms with van der Waals surface area (Å²) in [6.45, 7) is 1.49. The first-order valence-corrected chi connectivity index (χ1v) is 4.76. The molecule has 1 N–H and O–H groups in total. The highest BCUT2D eigenvalue weighted by Gasteiger charge is 2.27. The molecule has 2 unspecified atom stereocenters. The van der Waals surface area contributed by atoms with Crippen LogP contribution in [0.1, 0.15) is 25.7 Å². The molecular weight excluding hydrogens is 156 g/mol. The molecule has 3 nitrogen and oxygen atoms in total. The number of ether oxygens (including phenoxy) is 2. The summed E-state index contributed by atoms with van der Waals surface area (Å²) in [7, 11) is 0. The zero-order valence-electron chi connectivity index (χ0n) is 7.24. The lowest BCUT2D eigenvalue weighted by Gasteiger charge is -2.33. The Hall–Kier alpha value is -0.120. The van der Waals surface area contributed by atoms with Crippen molar-refractivity contribution in [2.24, 2.45) is 0 Å². The van der Waals surface area contributed by atoms with Crippen LogP contribution in [0.5, 0.6) is 0 Å². The van der Waals surface area contributed by atoms with Crippen LogP contribution in [0.25, 0.3) is 0 Å². The van der Waals surface area contributed by atoms with E-state index in [0.29, 0.717) is 6.10 Å². The molecule has 0 radical (unpaired) electrons. The number of hydrogen-bond acceptors (Lipinski definition) is 3. The highest BCUT2D eigenvalue weighted by atomic mass is 16.6. The molecule has 2 atom stereocenters. The lowest BCUT2D eigenvalue weighted by Crippen LogP contribution is -2.40. The number of hydrogen-bond donors (Lipinski definition) is 1. The first-order valence-electron chi connectivity index (χ1n) is 4.76. The van der Waals surface area contributed by atoms with E-state index >= 15 is 0 Å². The summed E-state index contributed by atoms with van der Waals surface area (Å²) in [5.74, 6) is 0. The molecule has 0 aromatic carbocycles. The summed E-state index contributed by atoms with van der Waals surface area (Å²) in [5.41, 5.74) is 0. The van der Waals surface area contributed by atoms with Crippen LogP contribution in [0.3, 0.4) is 0 Å². The normalized spacial score (nSPS) is 37.8. The van der Waals surface area contributed by atoms with E-state index in [0.717, 1.165) is 38.9 Å².